The molecular formula is C14H25KO4. The Morgan fingerprint density at radius 1 is 1.16 bits per heavy atom. The summed E-state index contributed by atoms with van der Waals surface area (Å²) in [6.07, 6.45) is 3.45. The fraction of sp³-hybridized carbons (Fsp3) is 0.857. The molecule has 0 saturated carbocycles. The molecule has 1 unspecified atom stereocenters. The fourth-order valence-electron chi connectivity index (χ4n) is 1.94. The van der Waals surface area contributed by atoms with Gasteiger partial charge in [0.05, 0.1) is 12.6 Å². The van der Waals surface area contributed by atoms with Crippen LogP contribution in [0.4, 0.5) is 0 Å². The molecule has 19 heavy (non-hydrogen) atoms. The van der Waals surface area contributed by atoms with Crippen molar-refractivity contribution in [2.45, 2.75) is 59.8 Å². The molecule has 0 aromatic carbocycles. The smallest absolute Gasteiger partial charge is 0.549 e. The molecule has 0 aliphatic carbocycles. The van der Waals surface area contributed by atoms with E-state index < -0.39 is 17.4 Å². The zero-order valence-electron chi connectivity index (χ0n) is 13.0. The molecule has 4 nitrogen and oxygen atoms in total. The standard InChI is InChI=1S/C14H26O4.K/c1-5-7-9-14(11(3)4,12(15)16)13(17)18-10-8-6-2;/h11H,5-10H2,1-4H3,(H,15,16);/q;+1/p-1. The fourth-order valence-corrected chi connectivity index (χ4v) is 1.94. The van der Waals surface area contributed by atoms with E-state index in [9.17, 15) is 14.7 Å². The van der Waals surface area contributed by atoms with Crippen molar-refractivity contribution < 1.29 is 70.8 Å². The maximum Gasteiger partial charge on any atom is 1.00 e. The Bertz CT molecular complexity index is 279. The molecule has 0 aliphatic heterocycles. The van der Waals surface area contributed by atoms with Crippen molar-refractivity contribution in [2.24, 2.45) is 11.3 Å². The second-order valence-corrected chi connectivity index (χ2v) is 5.01. The Morgan fingerprint density at radius 3 is 2.05 bits per heavy atom. The zero-order chi connectivity index (χ0) is 14.2. The van der Waals surface area contributed by atoms with E-state index in [1.165, 1.54) is 0 Å². The van der Waals surface area contributed by atoms with Gasteiger partial charge in [-0.3, -0.25) is 4.79 Å². The van der Waals surface area contributed by atoms with Gasteiger partial charge < -0.3 is 14.6 Å². The van der Waals surface area contributed by atoms with Gasteiger partial charge >= 0.3 is 57.4 Å². The summed E-state index contributed by atoms with van der Waals surface area (Å²) in [5, 5.41) is 11.4. The summed E-state index contributed by atoms with van der Waals surface area (Å²) in [5.41, 5.74) is -1.50. The van der Waals surface area contributed by atoms with Crippen LogP contribution in [0.1, 0.15) is 59.8 Å². The third kappa shape index (κ3) is 6.25. The van der Waals surface area contributed by atoms with E-state index >= 15 is 0 Å². The third-order valence-corrected chi connectivity index (χ3v) is 3.37. The van der Waals surface area contributed by atoms with E-state index in [0.717, 1.165) is 19.3 Å². The number of aliphatic carboxylic acids is 1. The number of carboxylic acids is 1. The first-order chi connectivity index (χ1) is 8.43. The number of hydrogen-bond donors (Lipinski definition) is 0. The van der Waals surface area contributed by atoms with Gasteiger partial charge in [0.2, 0.25) is 0 Å². The van der Waals surface area contributed by atoms with Crippen molar-refractivity contribution in [3.8, 4) is 0 Å². The van der Waals surface area contributed by atoms with Crippen LogP contribution >= 0.6 is 0 Å². The Labute approximate surface area is 159 Å². The number of rotatable bonds is 9. The van der Waals surface area contributed by atoms with E-state index in [1.807, 2.05) is 13.8 Å². The minimum atomic E-state index is -1.50. The third-order valence-electron chi connectivity index (χ3n) is 3.37. The maximum absolute atomic E-state index is 12.1. The summed E-state index contributed by atoms with van der Waals surface area (Å²) < 4.78 is 5.11. The van der Waals surface area contributed by atoms with Crippen molar-refractivity contribution in [1.82, 2.24) is 0 Å². The second-order valence-electron chi connectivity index (χ2n) is 5.01. The van der Waals surface area contributed by atoms with Crippen molar-refractivity contribution in [2.75, 3.05) is 6.61 Å². The van der Waals surface area contributed by atoms with Gasteiger partial charge in [-0.1, -0.05) is 47.0 Å². The first kappa shape index (κ1) is 21.9. The van der Waals surface area contributed by atoms with Crippen LogP contribution in [0.5, 0.6) is 0 Å². The summed E-state index contributed by atoms with van der Waals surface area (Å²) in [6.45, 7) is 7.68. The quantitative estimate of drug-likeness (QED) is 0.235. The number of carbonyl (C=O) groups is 2. The molecule has 0 saturated heterocycles. The van der Waals surface area contributed by atoms with Gasteiger partial charge in [0.25, 0.3) is 0 Å². The molecule has 106 valence electrons. The molecule has 0 rings (SSSR count). The Hall–Kier alpha value is 0.576. The Balaban J connectivity index is 0. The van der Waals surface area contributed by atoms with E-state index in [0.29, 0.717) is 6.42 Å². The van der Waals surface area contributed by atoms with Crippen LogP contribution in [0.25, 0.3) is 0 Å². The predicted octanol–water partition coefficient (Wildman–Crippen LogP) is -1.08. The SMILES string of the molecule is CCCCOC(=O)C(CCCC)(C(=O)[O-])C(C)C.[K+]. The van der Waals surface area contributed by atoms with Gasteiger partial charge in [-0.2, -0.15) is 0 Å². The van der Waals surface area contributed by atoms with Crippen LogP contribution in [-0.4, -0.2) is 18.5 Å². The van der Waals surface area contributed by atoms with Crippen LogP contribution < -0.4 is 56.5 Å². The van der Waals surface area contributed by atoms with Gasteiger partial charge in [0.1, 0.15) is 5.41 Å². The molecule has 0 radical (unpaired) electrons. The summed E-state index contributed by atoms with van der Waals surface area (Å²) in [4.78, 5) is 23.5. The molecule has 0 spiro atoms. The number of ether oxygens (including phenoxy) is 1. The topological polar surface area (TPSA) is 66.4 Å². The monoisotopic (exact) mass is 296 g/mol. The minimum Gasteiger partial charge on any atom is -0.549 e. The molecule has 0 N–H and O–H groups in total. The van der Waals surface area contributed by atoms with Gasteiger partial charge in [0, 0.05) is 0 Å². The zero-order valence-corrected chi connectivity index (χ0v) is 16.1. The van der Waals surface area contributed by atoms with E-state index in [-0.39, 0.29) is 70.3 Å². The molecular weight excluding hydrogens is 271 g/mol. The number of unbranched alkanes of at least 4 members (excludes halogenated alkanes) is 2. The predicted molar refractivity (Wildman–Crippen MR) is 67.7 cm³/mol. The molecule has 0 aromatic heterocycles. The van der Waals surface area contributed by atoms with Crippen LogP contribution in [0.15, 0.2) is 0 Å². The summed E-state index contributed by atoms with van der Waals surface area (Å²) >= 11 is 0. The molecule has 0 heterocycles. The van der Waals surface area contributed by atoms with Crippen LogP contribution in [0.2, 0.25) is 0 Å². The number of hydrogen-bond acceptors (Lipinski definition) is 4. The van der Waals surface area contributed by atoms with Crippen LogP contribution in [0.3, 0.4) is 0 Å². The van der Waals surface area contributed by atoms with E-state index in [1.54, 1.807) is 13.8 Å². The van der Waals surface area contributed by atoms with Gasteiger partial charge in [-0.15, -0.1) is 0 Å². The van der Waals surface area contributed by atoms with Gasteiger partial charge in [-0.05, 0) is 18.8 Å². The molecule has 5 heteroatoms. The number of carboxylic acid groups (broad SMARTS) is 1. The largest absolute Gasteiger partial charge is 1.00 e. The Kier molecular flexibility index (Phi) is 13.0. The molecule has 0 aliphatic rings. The molecule has 1 atom stereocenters. The molecule has 0 bridgehead atoms. The molecule has 0 amide bonds. The minimum absolute atomic E-state index is 0. The average molecular weight is 296 g/mol. The van der Waals surface area contributed by atoms with Crippen LogP contribution in [-0.2, 0) is 14.3 Å². The van der Waals surface area contributed by atoms with Crippen molar-refractivity contribution >= 4 is 11.9 Å². The molecule has 0 aromatic rings. The Morgan fingerprint density at radius 2 is 1.68 bits per heavy atom. The first-order valence-corrected chi connectivity index (χ1v) is 6.82. The number of esters is 1. The van der Waals surface area contributed by atoms with Crippen LogP contribution in [0, 0.1) is 11.3 Å². The maximum atomic E-state index is 12.1. The first-order valence-electron chi connectivity index (χ1n) is 6.82. The number of carbonyl (C=O) groups excluding carboxylic acids is 2. The summed E-state index contributed by atoms with van der Waals surface area (Å²) in [7, 11) is 0. The second kappa shape index (κ2) is 11.3. The average Bonchev–Trinajstić information content (AvgIpc) is 2.29. The van der Waals surface area contributed by atoms with E-state index in [2.05, 4.69) is 0 Å². The van der Waals surface area contributed by atoms with Gasteiger partial charge in [-0.25, -0.2) is 0 Å². The summed E-state index contributed by atoms with van der Waals surface area (Å²) in [5.74, 6) is -2.28. The van der Waals surface area contributed by atoms with Crippen molar-refractivity contribution in [3.63, 3.8) is 0 Å². The van der Waals surface area contributed by atoms with E-state index in [4.69, 9.17) is 4.74 Å². The van der Waals surface area contributed by atoms with Crippen molar-refractivity contribution in [3.05, 3.63) is 0 Å². The normalized spacial score (nSPS) is 13.5. The van der Waals surface area contributed by atoms with Gasteiger partial charge in [0.15, 0.2) is 0 Å². The van der Waals surface area contributed by atoms with Crippen molar-refractivity contribution in [1.29, 1.82) is 0 Å². The summed E-state index contributed by atoms with van der Waals surface area (Å²) in [6, 6.07) is 0. The molecule has 0 fully saturated rings.